The van der Waals surface area contributed by atoms with Crippen LogP contribution in [0, 0.1) is 12.7 Å². The number of thiophene rings is 1. The summed E-state index contributed by atoms with van der Waals surface area (Å²) >= 11 is 1.38. The molecule has 0 aliphatic heterocycles. The van der Waals surface area contributed by atoms with E-state index in [1.54, 1.807) is 23.9 Å². The number of benzene rings is 1. The Bertz CT molecular complexity index is 855. The third kappa shape index (κ3) is 3.32. The molecular weight excluding hydrogens is 329 g/mol. The molecule has 2 aromatic heterocycles. The number of hydrogen-bond acceptors (Lipinski definition) is 4. The number of carbonyl (C=O) groups excluding carboxylic acids is 1. The van der Waals surface area contributed by atoms with Crippen molar-refractivity contribution in [3.63, 3.8) is 0 Å². The summed E-state index contributed by atoms with van der Waals surface area (Å²) in [6, 6.07) is 8.00. The van der Waals surface area contributed by atoms with E-state index in [1.165, 1.54) is 23.5 Å². The number of carbonyl (C=O) groups is 1. The lowest BCUT2D eigenvalue weighted by atomic mass is 10.3. The van der Waals surface area contributed by atoms with Gasteiger partial charge in [0, 0.05) is 25.6 Å². The first-order valence-electron chi connectivity index (χ1n) is 7.62. The number of ether oxygens (including phenoxy) is 1. The largest absolute Gasteiger partial charge is 0.385 e. The highest BCUT2D eigenvalue weighted by Crippen LogP contribution is 2.30. The number of rotatable bonds is 6. The minimum absolute atomic E-state index is 0.0997. The molecule has 24 heavy (non-hydrogen) atoms. The number of hydrogen-bond donors (Lipinski definition) is 1. The average Bonchev–Trinajstić information content (AvgIpc) is 3.13. The van der Waals surface area contributed by atoms with Crippen LogP contribution in [-0.4, -0.2) is 35.9 Å². The van der Waals surface area contributed by atoms with E-state index in [4.69, 9.17) is 4.74 Å². The van der Waals surface area contributed by atoms with Gasteiger partial charge < -0.3 is 10.1 Å². The van der Waals surface area contributed by atoms with Gasteiger partial charge in [0.15, 0.2) is 0 Å². The molecule has 0 fully saturated rings. The van der Waals surface area contributed by atoms with Crippen LogP contribution in [-0.2, 0) is 4.74 Å². The van der Waals surface area contributed by atoms with Gasteiger partial charge in [0.25, 0.3) is 5.91 Å². The van der Waals surface area contributed by atoms with Gasteiger partial charge in [-0.05, 0) is 43.7 Å². The smallest absolute Gasteiger partial charge is 0.261 e. The lowest BCUT2D eigenvalue weighted by Gasteiger charge is -2.03. The maximum atomic E-state index is 13.1. The Labute approximate surface area is 143 Å². The molecule has 0 unspecified atom stereocenters. The Hall–Kier alpha value is -2.25. The van der Waals surface area contributed by atoms with Gasteiger partial charge in [-0.2, -0.15) is 5.10 Å². The van der Waals surface area contributed by atoms with E-state index in [0.29, 0.717) is 18.0 Å². The van der Waals surface area contributed by atoms with Crippen molar-refractivity contribution < 1.29 is 13.9 Å². The van der Waals surface area contributed by atoms with Gasteiger partial charge in [0.1, 0.15) is 10.6 Å². The van der Waals surface area contributed by atoms with Crippen LogP contribution in [0.1, 0.15) is 21.8 Å². The predicted octanol–water partition coefficient (Wildman–Crippen LogP) is 3.30. The molecule has 1 aromatic carbocycles. The van der Waals surface area contributed by atoms with Gasteiger partial charge in [-0.15, -0.1) is 11.3 Å². The van der Waals surface area contributed by atoms with E-state index in [1.807, 2.05) is 13.0 Å². The molecule has 126 valence electrons. The van der Waals surface area contributed by atoms with Crippen LogP contribution in [0.2, 0.25) is 0 Å². The summed E-state index contributed by atoms with van der Waals surface area (Å²) in [5.41, 5.74) is 1.60. The summed E-state index contributed by atoms with van der Waals surface area (Å²) in [4.78, 5) is 13.8. The molecule has 0 bridgehead atoms. The van der Waals surface area contributed by atoms with E-state index >= 15 is 0 Å². The lowest BCUT2D eigenvalue weighted by molar-refractivity contribution is 0.0952. The molecule has 3 aromatic rings. The van der Waals surface area contributed by atoms with Gasteiger partial charge in [-0.25, -0.2) is 9.07 Å². The molecule has 0 aliphatic carbocycles. The minimum Gasteiger partial charge on any atom is -0.385 e. The van der Waals surface area contributed by atoms with Gasteiger partial charge in [-0.1, -0.05) is 0 Å². The normalized spacial score (nSPS) is 11.1. The Morgan fingerprint density at radius 1 is 1.38 bits per heavy atom. The zero-order valence-electron chi connectivity index (χ0n) is 13.5. The Kier molecular flexibility index (Phi) is 4.92. The van der Waals surface area contributed by atoms with Crippen LogP contribution in [0.3, 0.4) is 0 Å². The van der Waals surface area contributed by atoms with Crippen molar-refractivity contribution in [1.82, 2.24) is 15.1 Å². The fourth-order valence-corrected chi connectivity index (χ4v) is 3.52. The third-order valence-corrected chi connectivity index (χ3v) is 4.76. The van der Waals surface area contributed by atoms with Crippen LogP contribution >= 0.6 is 11.3 Å². The predicted molar refractivity (Wildman–Crippen MR) is 92.5 cm³/mol. The van der Waals surface area contributed by atoms with Crippen LogP contribution < -0.4 is 5.32 Å². The molecule has 5 nitrogen and oxygen atoms in total. The van der Waals surface area contributed by atoms with Gasteiger partial charge in [0.2, 0.25) is 0 Å². The van der Waals surface area contributed by atoms with E-state index < -0.39 is 0 Å². The topological polar surface area (TPSA) is 56.1 Å². The second-order valence-electron chi connectivity index (χ2n) is 5.41. The van der Waals surface area contributed by atoms with Crippen LogP contribution in [0.4, 0.5) is 4.39 Å². The second-order valence-corrected chi connectivity index (χ2v) is 6.44. The van der Waals surface area contributed by atoms with Crippen molar-refractivity contribution in [2.75, 3.05) is 20.3 Å². The van der Waals surface area contributed by atoms with Crippen molar-refractivity contribution in [2.24, 2.45) is 0 Å². The van der Waals surface area contributed by atoms with Crippen molar-refractivity contribution in [3.05, 3.63) is 46.7 Å². The number of halogens is 1. The number of amides is 1. The van der Waals surface area contributed by atoms with E-state index in [-0.39, 0.29) is 11.7 Å². The fraction of sp³-hybridized carbons (Fsp3) is 0.294. The molecule has 0 radical (unpaired) electrons. The van der Waals surface area contributed by atoms with Crippen molar-refractivity contribution in [2.45, 2.75) is 13.3 Å². The summed E-state index contributed by atoms with van der Waals surface area (Å²) in [7, 11) is 1.64. The van der Waals surface area contributed by atoms with Gasteiger partial charge >= 0.3 is 0 Å². The highest BCUT2D eigenvalue weighted by Gasteiger charge is 2.17. The molecule has 3 rings (SSSR count). The van der Waals surface area contributed by atoms with Crippen molar-refractivity contribution in [1.29, 1.82) is 0 Å². The van der Waals surface area contributed by atoms with E-state index in [2.05, 4.69) is 10.4 Å². The zero-order chi connectivity index (χ0) is 17.1. The molecule has 0 spiro atoms. The summed E-state index contributed by atoms with van der Waals surface area (Å²) in [5.74, 6) is -0.390. The molecule has 7 heteroatoms. The molecule has 0 atom stereocenters. The zero-order valence-corrected chi connectivity index (χ0v) is 14.3. The van der Waals surface area contributed by atoms with Crippen LogP contribution in [0.5, 0.6) is 0 Å². The number of nitrogens with zero attached hydrogens (tertiary/aromatic N) is 2. The first kappa shape index (κ1) is 16.6. The first-order valence-corrected chi connectivity index (χ1v) is 8.44. The molecule has 0 saturated heterocycles. The van der Waals surface area contributed by atoms with Crippen molar-refractivity contribution >= 4 is 27.5 Å². The summed E-state index contributed by atoms with van der Waals surface area (Å²) in [5, 5.41) is 8.31. The summed E-state index contributed by atoms with van der Waals surface area (Å²) < 4.78 is 19.8. The van der Waals surface area contributed by atoms with Gasteiger partial charge in [-0.3, -0.25) is 4.79 Å². The fourth-order valence-electron chi connectivity index (χ4n) is 2.42. The molecule has 0 aliphatic rings. The number of methoxy groups -OCH3 is 1. The summed E-state index contributed by atoms with van der Waals surface area (Å²) in [6.07, 6.45) is 0.773. The maximum absolute atomic E-state index is 13.1. The molecule has 1 N–H and O–H groups in total. The van der Waals surface area contributed by atoms with Gasteiger partial charge in [0.05, 0.1) is 16.3 Å². The number of aryl methyl sites for hydroxylation is 1. The maximum Gasteiger partial charge on any atom is 0.261 e. The Morgan fingerprint density at radius 2 is 2.12 bits per heavy atom. The minimum atomic E-state index is -0.291. The molecular formula is C17H18FN3O2S. The molecule has 0 saturated carbocycles. The number of fused-ring (bicyclic) bond motifs is 1. The first-order chi connectivity index (χ1) is 11.6. The van der Waals surface area contributed by atoms with Crippen molar-refractivity contribution in [3.8, 4) is 5.69 Å². The molecule has 2 heterocycles. The number of aromatic nitrogens is 2. The van der Waals surface area contributed by atoms with Crippen LogP contribution in [0.25, 0.3) is 15.9 Å². The van der Waals surface area contributed by atoms with E-state index in [9.17, 15) is 9.18 Å². The highest BCUT2D eigenvalue weighted by atomic mass is 32.1. The Morgan fingerprint density at radius 3 is 2.83 bits per heavy atom. The average molecular weight is 347 g/mol. The quantitative estimate of drug-likeness (QED) is 0.696. The Balaban J connectivity index is 1.87. The van der Waals surface area contributed by atoms with Crippen LogP contribution in [0.15, 0.2) is 30.3 Å². The number of nitrogens with one attached hydrogen (secondary N) is 1. The monoisotopic (exact) mass is 347 g/mol. The highest BCUT2D eigenvalue weighted by molar-refractivity contribution is 7.20. The van der Waals surface area contributed by atoms with E-state index in [0.717, 1.165) is 28.0 Å². The second kappa shape index (κ2) is 7.11. The summed E-state index contributed by atoms with van der Waals surface area (Å²) in [6.45, 7) is 3.09. The third-order valence-electron chi connectivity index (χ3n) is 3.65. The standard InChI is InChI=1S/C17H18FN3O2S/c1-11-14-10-15(16(22)19-8-3-9-23-2)24-17(14)21(20-11)13-6-4-12(18)5-7-13/h4-7,10H,3,8-9H2,1-2H3,(H,19,22). The SMILES string of the molecule is COCCCNC(=O)c1cc2c(C)nn(-c3ccc(F)cc3)c2s1. The molecule has 1 amide bonds. The lowest BCUT2D eigenvalue weighted by Crippen LogP contribution is -2.24.